The fourth-order valence-electron chi connectivity index (χ4n) is 4.86. The van der Waals surface area contributed by atoms with Crippen LogP contribution in [0.4, 0.5) is 22.9 Å². The molecule has 0 fully saturated rings. The molecule has 12 nitrogen and oxygen atoms in total. The van der Waals surface area contributed by atoms with E-state index in [0.717, 1.165) is 0 Å². The summed E-state index contributed by atoms with van der Waals surface area (Å²) in [6.45, 7) is 0. The number of phenols is 1. The van der Waals surface area contributed by atoms with Crippen molar-refractivity contribution in [1.29, 1.82) is 0 Å². The first-order valence-corrected chi connectivity index (χ1v) is 14.3. The maximum atomic E-state index is 13.5. The second kappa shape index (κ2) is 13.0. The Kier molecular flexibility index (Phi) is 8.38. The van der Waals surface area contributed by atoms with E-state index >= 15 is 0 Å². The number of nitrogens with two attached hydrogens (primary N) is 1. The molecular weight excluding hydrogens is 598 g/mol. The topological polar surface area (TPSA) is 173 Å². The van der Waals surface area contributed by atoms with Crippen molar-refractivity contribution in [3.8, 4) is 17.2 Å². The summed E-state index contributed by atoms with van der Waals surface area (Å²) in [5.74, 6) is -1.60. The number of amides is 3. The van der Waals surface area contributed by atoms with E-state index in [4.69, 9.17) is 10.5 Å². The molecule has 0 aliphatic rings. The molecule has 0 saturated heterocycles. The number of primary amides is 1. The number of aromatic nitrogens is 2. The van der Waals surface area contributed by atoms with Crippen LogP contribution >= 0.6 is 0 Å². The third-order valence-corrected chi connectivity index (χ3v) is 7.23. The summed E-state index contributed by atoms with van der Waals surface area (Å²) in [5.41, 5.74) is 7.35. The van der Waals surface area contributed by atoms with E-state index in [1.165, 1.54) is 16.9 Å². The summed E-state index contributed by atoms with van der Waals surface area (Å²) in [7, 11) is 1.55. The normalized spacial score (nSPS) is 11.0. The Morgan fingerprint density at radius 1 is 0.787 bits per heavy atom. The van der Waals surface area contributed by atoms with Gasteiger partial charge in [0.15, 0.2) is 11.6 Å². The number of nitrogens with zero attached hydrogens (tertiary/aromatic N) is 4. The lowest BCUT2D eigenvalue weighted by Gasteiger charge is -2.13. The number of hydrogen-bond donors (Lipinski definition) is 4. The fourth-order valence-corrected chi connectivity index (χ4v) is 4.86. The van der Waals surface area contributed by atoms with Crippen LogP contribution in [0.5, 0.6) is 11.5 Å². The molecule has 0 unspecified atom stereocenters. The minimum absolute atomic E-state index is 0.00290. The summed E-state index contributed by atoms with van der Waals surface area (Å²) < 4.78 is 6.56. The monoisotopic (exact) mass is 625 g/mol. The third-order valence-electron chi connectivity index (χ3n) is 7.23. The Labute approximate surface area is 268 Å². The zero-order chi connectivity index (χ0) is 32.9. The Bertz CT molecular complexity index is 2150. The maximum Gasteiger partial charge on any atom is 0.259 e. The van der Waals surface area contributed by atoms with Crippen LogP contribution in [-0.4, -0.2) is 39.7 Å². The zero-order valence-electron chi connectivity index (χ0n) is 24.9. The van der Waals surface area contributed by atoms with Crippen LogP contribution in [0.1, 0.15) is 31.1 Å². The molecule has 1 heterocycles. The van der Waals surface area contributed by atoms with Gasteiger partial charge in [-0.1, -0.05) is 42.5 Å². The molecule has 0 aliphatic heterocycles. The van der Waals surface area contributed by atoms with E-state index in [-0.39, 0.29) is 28.2 Å². The molecule has 12 heteroatoms. The van der Waals surface area contributed by atoms with E-state index < -0.39 is 23.5 Å². The molecule has 1 aromatic heterocycles. The van der Waals surface area contributed by atoms with Crippen molar-refractivity contribution in [2.24, 2.45) is 16.0 Å². The number of fused-ring (bicyclic) bond motifs is 1. The Morgan fingerprint density at radius 3 is 2.13 bits per heavy atom. The van der Waals surface area contributed by atoms with Gasteiger partial charge in [0.2, 0.25) is 0 Å². The van der Waals surface area contributed by atoms with Gasteiger partial charge in [-0.3, -0.25) is 14.4 Å². The molecule has 6 rings (SSSR count). The first kappa shape index (κ1) is 30.2. The minimum Gasteiger partial charge on any atom is -0.505 e. The van der Waals surface area contributed by atoms with Gasteiger partial charge in [-0.05, 0) is 72.1 Å². The first-order valence-electron chi connectivity index (χ1n) is 14.3. The van der Waals surface area contributed by atoms with E-state index in [0.29, 0.717) is 33.6 Å². The molecule has 5 N–H and O–H groups in total. The van der Waals surface area contributed by atoms with Gasteiger partial charge in [0, 0.05) is 22.3 Å². The molecule has 0 atom stereocenters. The number of carbonyl (C=O) groups is 3. The molecule has 0 aliphatic carbocycles. The number of ether oxygens (including phenoxy) is 1. The van der Waals surface area contributed by atoms with Gasteiger partial charge >= 0.3 is 0 Å². The van der Waals surface area contributed by atoms with Crippen LogP contribution in [0.25, 0.3) is 16.5 Å². The maximum absolute atomic E-state index is 13.5. The van der Waals surface area contributed by atoms with Crippen LogP contribution in [0.15, 0.2) is 126 Å². The minimum atomic E-state index is -0.779. The summed E-state index contributed by atoms with van der Waals surface area (Å²) in [6, 6.07) is 30.7. The lowest BCUT2D eigenvalue weighted by atomic mass is 10.0. The number of benzene rings is 5. The highest BCUT2D eigenvalue weighted by atomic mass is 16.5. The Morgan fingerprint density at radius 2 is 1.45 bits per heavy atom. The van der Waals surface area contributed by atoms with Crippen molar-refractivity contribution in [3.63, 3.8) is 0 Å². The van der Waals surface area contributed by atoms with Gasteiger partial charge in [0.05, 0.1) is 24.6 Å². The number of hydrogen-bond acceptors (Lipinski definition) is 8. The van der Waals surface area contributed by atoms with Crippen molar-refractivity contribution in [1.82, 2.24) is 9.78 Å². The summed E-state index contributed by atoms with van der Waals surface area (Å²) in [6.07, 6.45) is 1.28. The number of carbonyl (C=O) groups excluding carboxylic acids is 3. The van der Waals surface area contributed by atoms with E-state index in [2.05, 4.69) is 26.0 Å². The number of aromatic hydroxyl groups is 1. The quantitative estimate of drug-likeness (QED) is 0.129. The number of para-hydroxylation sites is 2. The van der Waals surface area contributed by atoms with Crippen LogP contribution in [0, 0.1) is 0 Å². The van der Waals surface area contributed by atoms with Crippen LogP contribution in [-0.2, 0) is 0 Å². The SMILES string of the molecule is COc1ccc(NC(=O)c2ccc3c(/N=N/c4c(C(N)=O)cnn4-c4ccccc4)c(O)c(C(=O)Nc4ccccc4)cc3c2)cc1. The van der Waals surface area contributed by atoms with Gasteiger partial charge < -0.3 is 26.2 Å². The van der Waals surface area contributed by atoms with E-state index in [9.17, 15) is 19.5 Å². The fraction of sp³-hybridized carbons (Fsp3) is 0.0286. The lowest BCUT2D eigenvalue weighted by molar-refractivity contribution is 0.0996. The van der Waals surface area contributed by atoms with Gasteiger partial charge in [-0.25, -0.2) is 4.68 Å². The predicted molar refractivity (Wildman–Crippen MR) is 177 cm³/mol. The van der Waals surface area contributed by atoms with Crippen molar-refractivity contribution < 1.29 is 24.2 Å². The molecule has 0 bridgehead atoms. The number of nitrogens with one attached hydrogen (secondary N) is 2. The highest BCUT2D eigenvalue weighted by Gasteiger charge is 2.22. The Hall–Kier alpha value is -6.82. The molecule has 6 aromatic rings. The standard InChI is InChI=1S/C35H27N7O5/c1-47-26-15-13-24(14-16-26)38-34(45)21-12-17-27-22(18-21)19-28(35(46)39-23-8-4-2-5-9-23)31(43)30(27)40-41-33-29(32(36)44)20-37-42(33)25-10-6-3-7-11-25/h2-20,43H,1H3,(H2,36,44)(H,38,45)(H,39,46)/b41-40+. The number of phenolic OH excluding ortho intramolecular Hbond substituents is 1. The smallest absolute Gasteiger partial charge is 0.259 e. The van der Waals surface area contributed by atoms with Crippen LogP contribution < -0.4 is 21.1 Å². The average molecular weight is 626 g/mol. The number of anilines is 2. The van der Waals surface area contributed by atoms with Gasteiger partial charge in [0.25, 0.3) is 17.7 Å². The Balaban J connectivity index is 1.45. The van der Waals surface area contributed by atoms with Gasteiger partial charge in [0.1, 0.15) is 17.0 Å². The van der Waals surface area contributed by atoms with E-state index in [1.807, 2.05) is 6.07 Å². The number of rotatable bonds is 9. The number of methoxy groups -OCH3 is 1. The molecule has 0 radical (unpaired) electrons. The first-order chi connectivity index (χ1) is 22.8. The van der Waals surface area contributed by atoms with Crippen LogP contribution in [0.2, 0.25) is 0 Å². The highest BCUT2D eigenvalue weighted by molar-refractivity contribution is 6.13. The lowest BCUT2D eigenvalue weighted by Crippen LogP contribution is -2.13. The van der Waals surface area contributed by atoms with E-state index in [1.54, 1.807) is 104 Å². The molecule has 3 amide bonds. The molecule has 47 heavy (non-hydrogen) atoms. The molecule has 0 spiro atoms. The largest absolute Gasteiger partial charge is 0.505 e. The van der Waals surface area contributed by atoms with Crippen molar-refractivity contribution in [2.75, 3.05) is 17.7 Å². The molecule has 5 aromatic carbocycles. The molecule has 0 saturated carbocycles. The van der Waals surface area contributed by atoms with Crippen molar-refractivity contribution >= 4 is 51.4 Å². The third kappa shape index (κ3) is 6.37. The molecule has 232 valence electrons. The zero-order valence-corrected chi connectivity index (χ0v) is 24.9. The van der Waals surface area contributed by atoms with Crippen LogP contribution in [0.3, 0.4) is 0 Å². The average Bonchev–Trinajstić information content (AvgIpc) is 3.53. The molecular formula is C35H27N7O5. The summed E-state index contributed by atoms with van der Waals surface area (Å²) in [4.78, 5) is 38.9. The summed E-state index contributed by atoms with van der Waals surface area (Å²) in [5, 5.41) is 30.7. The number of azo groups is 1. The second-order valence-electron chi connectivity index (χ2n) is 10.3. The van der Waals surface area contributed by atoms with Crippen molar-refractivity contribution in [2.45, 2.75) is 0 Å². The second-order valence-corrected chi connectivity index (χ2v) is 10.3. The highest BCUT2D eigenvalue weighted by Crippen LogP contribution is 2.40. The van der Waals surface area contributed by atoms with Gasteiger partial charge in [-0.15, -0.1) is 10.2 Å². The van der Waals surface area contributed by atoms with Gasteiger partial charge in [-0.2, -0.15) is 5.10 Å². The summed E-state index contributed by atoms with van der Waals surface area (Å²) >= 11 is 0. The van der Waals surface area contributed by atoms with Crippen molar-refractivity contribution in [3.05, 3.63) is 132 Å². The predicted octanol–water partition coefficient (Wildman–Crippen LogP) is 6.76.